The molecule has 1 aromatic rings. The second-order valence-corrected chi connectivity index (χ2v) is 5.12. The fourth-order valence-corrected chi connectivity index (χ4v) is 2.14. The Morgan fingerprint density at radius 2 is 2.09 bits per heavy atom. The summed E-state index contributed by atoms with van der Waals surface area (Å²) in [4.78, 5) is 45.5. The number of carbonyl (C=O) groups excluding carboxylic acids is 3. The Morgan fingerprint density at radius 3 is 2.70 bits per heavy atom. The SMILES string of the molecule is CC1=CC(=O)C(C(=O)C=Cc2ccc(Cl)c([N+](=O)[O-])c2)C(=O)O1. The van der Waals surface area contributed by atoms with Crippen LogP contribution in [0.3, 0.4) is 0 Å². The predicted octanol–water partition coefficient (Wildman–Crippen LogP) is 2.48. The first-order valence-electron chi connectivity index (χ1n) is 6.39. The number of rotatable bonds is 4. The summed E-state index contributed by atoms with van der Waals surface area (Å²) in [5.74, 6) is -3.78. The molecule has 0 saturated heterocycles. The van der Waals surface area contributed by atoms with Crippen molar-refractivity contribution in [1.29, 1.82) is 0 Å². The smallest absolute Gasteiger partial charge is 0.329 e. The van der Waals surface area contributed by atoms with Crippen molar-refractivity contribution in [1.82, 2.24) is 0 Å². The second-order valence-electron chi connectivity index (χ2n) is 4.72. The summed E-state index contributed by atoms with van der Waals surface area (Å²) < 4.78 is 4.75. The van der Waals surface area contributed by atoms with Gasteiger partial charge in [-0.3, -0.25) is 24.5 Å². The van der Waals surface area contributed by atoms with Crippen LogP contribution in [-0.4, -0.2) is 22.5 Å². The number of hydrogen-bond acceptors (Lipinski definition) is 6. The first-order chi connectivity index (χ1) is 10.8. The van der Waals surface area contributed by atoms with Crippen LogP contribution < -0.4 is 0 Å². The molecule has 0 amide bonds. The number of allylic oxidation sites excluding steroid dienone is 3. The van der Waals surface area contributed by atoms with E-state index in [-0.39, 0.29) is 16.5 Å². The number of ether oxygens (including phenoxy) is 1. The molecule has 8 heteroatoms. The molecule has 1 heterocycles. The van der Waals surface area contributed by atoms with Crippen LogP contribution in [0.4, 0.5) is 5.69 Å². The van der Waals surface area contributed by atoms with Crippen LogP contribution in [0.2, 0.25) is 5.02 Å². The molecule has 1 aliphatic rings. The van der Waals surface area contributed by atoms with Crippen molar-refractivity contribution in [2.24, 2.45) is 5.92 Å². The van der Waals surface area contributed by atoms with Crippen molar-refractivity contribution in [3.63, 3.8) is 0 Å². The Hall–Kier alpha value is -2.80. The van der Waals surface area contributed by atoms with Crippen LogP contribution in [-0.2, 0) is 19.1 Å². The Bertz CT molecular complexity index is 780. The summed E-state index contributed by atoms with van der Waals surface area (Å²) >= 11 is 5.68. The van der Waals surface area contributed by atoms with Gasteiger partial charge in [0.15, 0.2) is 17.5 Å². The third kappa shape index (κ3) is 3.70. The third-order valence-electron chi connectivity index (χ3n) is 3.02. The molecule has 0 aromatic heterocycles. The van der Waals surface area contributed by atoms with E-state index >= 15 is 0 Å². The molecule has 0 spiro atoms. The van der Waals surface area contributed by atoms with E-state index < -0.39 is 28.4 Å². The Morgan fingerprint density at radius 1 is 1.39 bits per heavy atom. The molecule has 1 unspecified atom stereocenters. The molecule has 0 bridgehead atoms. The molecule has 1 atom stereocenters. The monoisotopic (exact) mass is 335 g/mol. The first-order valence-corrected chi connectivity index (χ1v) is 6.77. The van der Waals surface area contributed by atoms with Gasteiger partial charge >= 0.3 is 5.97 Å². The van der Waals surface area contributed by atoms with Gasteiger partial charge in [0.1, 0.15) is 10.8 Å². The predicted molar refractivity (Wildman–Crippen MR) is 80.5 cm³/mol. The topological polar surface area (TPSA) is 104 Å². The zero-order valence-corrected chi connectivity index (χ0v) is 12.6. The number of carbonyl (C=O) groups is 3. The number of nitro benzene ring substituents is 1. The maximum atomic E-state index is 12.0. The maximum Gasteiger partial charge on any atom is 0.329 e. The number of halogens is 1. The van der Waals surface area contributed by atoms with Gasteiger partial charge in [-0.2, -0.15) is 0 Å². The van der Waals surface area contributed by atoms with Crippen molar-refractivity contribution in [2.45, 2.75) is 6.92 Å². The van der Waals surface area contributed by atoms with Crippen molar-refractivity contribution >= 4 is 40.9 Å². The molecule has 23 heavy (non-hydrogen) atoms. The number of nitrogens with zero attached hydrogens (tertiary/aromatic N) is 1. The minimum Gasteiger partial charge on any atom is -0.430 e. The van der Waals surface area contributed by atoms with Gasteiger partial charge in [-0.25, -0.2) is 0 Å². The average molecular weight is 336 g/mol. The summed E-state index contributed by atoms with van der Waals surface area (Å²) in [6.07, 6.45) is 3.34. The number of nitro groups is 1. The van der Waals surface area contributed by atoms with E-state index in [1.165, 1.54) is 31.2 Å². The molecular weight excluding hydrogens is 326 g/mol. The highest BCUT2D eigenvalue weighted by atomic mass is 35.5. The molecule has 1 aromatic carbocycles. The first kappa shape index (κ1) is 16.6. The highest BCUT2D eigenvalue weighted by Gasteiger charge is 2.36. The van der Waals surface area contributed by atoms with Gasteiger partial charge in [0, 0.05) is 12.1 Å². The number of benzene rings is 1. The van der Waals surface area contributed by atoms with E-state index in [0.29, 0.717) is 5.56 Å². The molecule has 0 saturated carbocycles. The lowest BCUT2D eigenvalue weighted by molar-refractivity contribution is -0.384. The van der Waals surface area contributed by atoms with E-state index in [9.17, 15) is 24.5 Å². The molecule has 1 aliphatic heterocycles. The Balaban J connectivity index is 2.22. The lowest BCUT2D eigenvalue weighted by atomic mass is 9.96. The van der Waals surface area contributed by atoms with E-state index in [1.807, 2.05) is 0 Å². The molecule has 7 nitrogen and oxygen atoms in total. The lowest BCUT2D eigenvalue weighted by Crippen LogP contribution is -2.34. The number of esters is 1. The van der Waals surface area contributed by atoms with E-state index in [1.54, 1.807) is 0 Å². The molecule has 2 rings (SSSR count). The fourth-order valence-electron chi connectivity index (χ4n) is 1.95. The summed E-state index contributed by atoms with van der Waals surface area (Å²) in [5.41, 5.74) is 0.0192. The van der Waals surface area contributed by atoms with Crippen LogP contribution in [0, 0.1) is 16.0 Å². The van der Waals surface area contributed by atoms with Crippen molar-refractivity contribution in [2.75, 3.05) is 0 Å². The zero-order chi connectivity index (χ0) is 17.1. The van der Waals surface area contributed by atoms with Gasteiger partial charge in [-0.05, 0) is 24.6 Å². The quantitative estimate of drug-likeness (QED) is 0.275. The average Bonchev–Trinajstić information content (AvgIpc) is 2.45. The van der Waals surface area contributed by atoms with Crippen LogP contribution >= 0.6 is 11.6 Å². The van der Waals surface area contributed by atoms with E-state index in [4.69, 9.17) is 16.3 Å². The minimum absolute atomic E-state index is 0.0369. The van der Waals surface area contributed by atoms with Gasteiger partial charge in [-0.1, -0.05) is 23.7 Å². The number of hydrogen-bond donors (Lipinski definition) is 0. The number of cyclic esters (lactones) is 1. The zero-order valence-electron chi connectivity index (χ0n) is 11.8. The third-order valence-corrected chi connectivity index (χ3v) is 3.34. The number of ketones is 2. The maximum absolute atomic E-state index is 12.0. The fraction of sp³-hybridized carbons (Fsp3) is 0.133. The highest BCUT2D eigenvalue weighted by Crippen LogP contribution is 2.25. The lowest BCUT2D eigenvalue weighted by Gasteiger charge is -2.15. The summed E-state index contributed by atoms with van der Waals surface area (Å²) in [5, 5.41) is 10.8. The minimum atomic E-state index is -1.54. The van der Waals surface area contributed by atoms with Crippen LogP contribution in [0.15, 0.2) is 36.1 Å². The largest absolute Gasteiger partial charge is 0.430 e. The van der Waals surface area contributed by atoms with Crippen LogP contribution in [0.1, 0.15) is 12.5 Å². The van der Waals surface area contributed by atoms with Gasteiger partial charge in [0.2, 0.25) is 0 Å². The highest BCUT2D eigenvalue weighted by molar-refractivity contribution is 6.32. The van der Waals surface area contributed by atoms with Crippen molar-refractivity contribution < 1.29 is 24.0 Å². The van der Waals surface area contributed by atoms with E-state index in [0.717, 1.165) is 12.2 Å². The molecule has 0 N–H and O–H groups in total. The molecule has 0 radical (unpaired) electrons. The van der Waals surface area contributed by atoms with Crippen molar-refractivity contribution in [3.05, 3.63) is 56.8 Å². The van der Waals surface area contributed by atoms with E-state index in [2.05, 4.69) is 0 Å². The standard InChI is InChI=1S/C15H10ClNO6/c1-8-6-13(19)14(15(20)23-8)12(18)5-3-9-2-4-10(16)11(7-9)17(21)22/h2-7,14H,1H3. The summed E-state index contributed by atoms with van der Waals surface area (Å²) in [6.45, 7) is 1.43. The molecule has 0 fully saturated rings. The van der Waals surface area contributed by atoms with Gasteiger partial charge in [0.05, 0.1) is 4.92 Å². The molecular formula is C15H10ClNO6. The Kier molecular flexibility index (Phi) is 4.71. The molecule has 118 valence electrons. The van der Waals surface area contributed by atoms with Crippen LogP contribution in [0.25, 0.3) is 6.08 Å². The Labute approximate surface area is 135 Å². The molecule has 0 aliphatic carbocycles. The summed E-state index contributed by atoms with van der Waals surface area (Å²) in [7, 11) is 0. The normalized spacial score (nSPS) is 17.8. The van der Waals surface area contributed by atoms with Gasteiger partial charge in [0.25, 0.3) is 5.69 Å². The second kappa shape index (κ2) is 6.53. The summed E-state index contributed by atoms with van der Waals surface area (Å²) in [6, 6.07) is 3.96. The van der Waals surface area contributed by atoms with Gasteiger partial charge < -0.3 is 4.74 Å². The van der Waals surface area contributed by atoms with Crippen molar-refractivity contribution in [3.8, 4) is 0 Å². The van der Waals surface area contributed by atoms with Crippen LogP contribution in [0.5, 0.6) is 0 Å². The van der Waals surface area contributed by atoms with Gasteiger partial charge in [-0.15, -0.1) is 0 Å².